The van der Waals surface area contributed by atoms with Crippen LogP contribution in [0.25, 0.3) is 0 Å². The van der Waals surface area contributed by atoms with Crippen LogP contribution in [-0.4, -0.2) is 24.0 Å². The molecule has 1 heterocycles. The van der Waals surface area contributed by atoms with E-state index in [1.54, 1.807) is 0 Å². The van der Waals surface area contributed by atoms with Gasteiger partial charge in [-0.25, -0.2) is 0 Å². The summed E-state index contributed by atoms with van der Waals surface area (Å²) in [6, 6.07) is 11.3. The number of hydrogen-bond donors (Lipinski definition) is 1. The molecule has 3 rings (SSSR count). The van der Waals surface area contributed by atoms with Gasteiger partial charge >= 0.3 is 0 Å². The van der Waals surface area contributed by atoms with Crippen molar-refractivity contribution in [3.8, 4) is 0 Å². The molecule has 0 bridgehead atoms. The number of nitrogens with zero attached hydrogens (tertiary/aromatic N) is 1. The van der Waals surface area contributed by atoms with Gasteiger partial charge in [0.1, 0.15) is 0 Å². The van der Waals surface area contributed by atoms with E-state index < -0.39 is 0 Å². The number of rotatable bonds is 3. The Morgan fingerprint density at radius 2 is 2.00 bits per heavy atom. The third kappa shape index (κ3) is 2.70. The van der Waals surface area contributed by atoms with Crippen molar-refractivity contribution >= 4 is 0 Å². The van der Waals surface area contributed by atoms with E-state index in [4.69, 9.17) is 5.73 Å². The molecule has 92 valence electrons. The van der Waals surface area contributed by atoms with Gasteiger partial charge in [0.25, 0.3) is 0 Å². The van der Waals surface area contributed by atoms with E-state index in [-0.39, 0.29) is 0 Å². The van der Waals surface area contributed by atoms with Gasteiger partial charge in [-0.1, -0.05) is 30.3 Å². The van der Waals surface area contributed by atoms with Crippen LogP contribution in [0.3, 0.4) is 0 Å². The Kier molecular flexibility index (Phi) is 3.17. The monoisotopic (exact) mass is 230 g/mol. The van der Waals surface area contributed by atoms with Gasteiger partial charge in [0.05, 0.1) is 0 Å². The minimum Gasteiger partial charge on any atom is -0.327 e. The fraction of sp³-hybridized carbons (Fsp3) is 0.600. The highest BCUT2D eigenvalue weighted by atomic mass is 15.1. The van der Waals surface area contributed by atoms with Gasteiger partial charge in [-0.3, -0.25) is 4.90 Å². The first-order valence-electron chi connectivity index (χ1n) is 6.85. The summed E-state index contributed by atoms with van der Waals surface area (Å²) in [6.45, 7) is 3.62. The zero-order chi connectivity index (χ0) is 11.7. The predicted octanol–water partition coefficient (Wildman–Crippen LogP) is 2.25. The van der Waals surface area contributed by atoms with Gasteiger partial charge in [0.15, 0.2) is 0 Å². The average molecular weight is 230 g/mol. The maximum atomic E-state index is 5.98. The maximum absolute atomic E-state index is 5.98. The van der Waals surface area contributed by atoms with Crippen molar-refractivity contribution < 1.29 is 0 Å². The van der Waals surface area contributed by atoms with Gasteiger partial charge in [-0.2, -0.15) is 0 Å². The van der Waals surface area contributed by atoms with Crippen LogP contribution in [0, 0.1) is 11.8 Å². The summed E-state index contributed by atoms with van der Waals surface area (Å²) in [6.07, 6.45) is 4.01. The van der Waals surface area contributed by atoms with E-state index in [1.807, 2.05) is 0 Å². The first kappa shape index (κ1) is 11.2. The molecule has 0 aromatic heterocycles. The first-order chi connectivity index (χ1) is 8.33. The summed E-state index contributed by atoms with van der Waals surface area (Å²) in [4.78, 5) is 2.61. The van der Waals surface area contributed by atoms with Crippen molar-refractivity contribution in [3.63, 3.8) is 0 Å². The lowest BCUT2D eigenvalue weighted by atomic mass is 9.92. The second-order valence-corrected chi connectivity index (χ2v) is 5.69. The van der Waals surface area contributed by atoms with Crippen LogP contribution < -0.4 is 5.73 Å². The Morgan fingerprint density at radius 1 is 1.24 bits per heavy atom. The van der Waals surface area contributed by atoms with Gasteiger partial charge in [-0.15, -0.1) is 0 Å². The molecule has 17 heavy (non-hydrogen) atoms. The molecule has 2 N–H and O–H groups in total. The molecular formula is C15H22N2. The molecule has 1 aromatic rings. The summed E-state index contributed by atoms with van der Waals surface area (Å²) >= 11 is 0. The number of nitrogens with two attached hydrogens (primary N) is 1. The van der Waals surface area contributed by atoms with E-state index in [9.17, 15) is 0 Å². The zero-order valence-electron chi connectivity index (χ0n) is 10.4. The molecule has 2 aliphatic rings. The second kappa shape index (κ2) is 4.79. The Morgan fingerprint density at radius 3 is 2.71 bits per heavy atom. The lowest BCUT2D eigenvalue weighted by Crippen LogP contribution is -2.36. The Labute approximate surface area is 104 Å². The molecule has 1 aliphatic heterocycles. The van der Waals surface area contributed by atoms with Gasteiger partial charge in [0.2, 0.25) is 0 Å². The summed E-state index contributed by atoms with van der Waals surface area (Å²) in [5.74, 6) is 1.69. The zero-order valence-corrected chi connectivity index (χ0v) is 10.4. The molecule has 2 nitrogen and oxygen atoms in total. The fourth-order valence-electron chi connectivity index (χ4n) is 3.20. The second-order valence-electron chi connectivity index (χ2n) is 5.69. The summed E-state index contributed by atoms with van der Waals surface area (Å²) in [5, 5.41) is 0. The highest BCUT2D eigenvalue weighted by molar-refractivity contribution is 5.14. The van der Waals surface area contributed by atoms with Crippen molar-refractivity contribution in [2.45, 2.75) is 31.8 Å². The van der Waals surface area contributed by atoms with Crippen LogP contribution in [-0.2, 0) is 6.54 Å². The summed E-state index contributed by atoms with van der Waals surface area (Å²) in [5.41, 5.74) is 7.42. The van der Waals surface area contributed by atoms with E-state index >= 15 is 0 Å². The molecule has 3 unspecified atom stereocenters. The lowest BCUT2D eigenvalue weighted by molar-refractivity contribution is 0.153. The fourth-order valence-corrected chi connectivity index (χ4v) is 3.20. The largest absolute Gasteiger partial charge is 0.327 e. The predicted molar refractivity (Wildman–Crippen MR) is 70.5 cm³/mol. The van der Waals surface area contributed by atoms with Crippen molar-refractivity contribution in [1.29, 1.82) is 0 Å². The van der Waals surface area contributed by atoms with Crippen LogP contribution in [0.15, 0.2) is 30.3 Å². The van der Waals surface area contributed by atoms with E-state index in [0.717, 1.165) is 18.4 Å². The smallest absolute Gasteiger partial charge is 0.0233 e. The molecule has 1 saturated heterocycles. The standard InChI is InChI=1S/C15H22N2/c16-15-9-14(15)13-7-4-8-17(11-13)10-12-5-2-1-3-6-12/h1-3,5-6,13-15H,4,7-11,16H2. The molecule has 2 heteroatoms. The molecule has 1 aliphatic carbocycles. The molecular weight excluding hydrogens is 208 g/mol. The number of likely N-dealkylation sites (tertiary alicyclic amines) is 1. The van der Waals surface area contributed by atoms with E-state index in [2.05, 4.69) is 35.2 Å². The Hall–Kier alpha value is -0.860. The van der Waals surface area contributed by atoms with E-state index in [1.165, 1.54) is 37.9 Å². The van der Waals surface area contributed by atoms with Gasteiger partial charge < -0.3 is 5.73 Å². The maximum Gasteiger partial charge on any atom is 0.0233 e. The first-order valence-corrected chi connectivity index (χ1v) is 6.85. The third-order valence-electron chi connectivity index (χ3n) is 4.29. The minimum atomic E-state index is 0.511. The molecule has 0 radical (unpaired) electrons. The van der Waals surface area contributed by atoms with Gasteiger partial charge in [-0.05, 0) is 43.2 Å². The molecule has 2 fully saturated rings. The number of hydrogen-bond acceptors (Lipinski definition) is 2. The van der Waals surface area contributed by atoms with Crippen molar-refractivity contribution in [3.05, 3.63) is 35.9 Å². The van der Waals surface area contributed by atoms with E-state index in [0.29, 0.717) is 6.04 Å². The molecule has 1 aromatic carbocycles. The van der Waals surface area contributed by atoms with Crippen molar-refractivity contribution in [2.24, 2.45) is 17.6 Å². The van der Waals surface area contributed by atoms with Gasteiger partial charge in [0, 0.05) is 19.1 Å². The summed E-state index contributed by atoms with van der Waals surface area (Å²) < 4.78 is 0. The normalized spacial score (nSPS) is 33.6. The summed E-state index contributed by atoms with van der Waals surface area (Å²) in [7, 11) is 0. The average Bonchev–Trinajstić information content (AvgIpc) is 3.08. The topological polar surface area (TPSA) is 29.3 Å². The molecule has 3 atom stereocenters. The van der Waals surface area contributed by atoms with Crippen LogP contribution in [0.2, 0.25) is 0 Å². The molecule has 0 amide bonds. The van der Waals surface area contributed by atoms with Crippen LogP contribution >= 0.6 is 0 Å². The van der Waals surface area contributed by atoms with Crippen molar-refractivity contribution in [2.75, 3.05) is 13.1 Å². The minimum absolute atomic E-state index is 0.511. The van der Waals surface area contributed by atoms with Crippen molar-refractivity contribution in [1.82, 2.24) is 4.90 Å². The van der Waals surface area contributed by atoms with Crippen LogP contribution in [0.5, 0.6) is 0 Å². The molecule has 0 spiro atoms. The quantitative estimate of drug-likeness (QED) is 0.863. The van der Waals surface area contributed by atoms with Crippen LogP contribution in [0.4, 0.5) is 0 Å². The Bertz CT molecular complexity index is 362. The SMILES string of the molecule is NC1CC1C1CCCN(Cc2ccccc2)C1. The highest BCUT2D eigenvalue weighted by Gasteiger charge is 2.41. The number of benzene rings is 1. The number of piperidine rings is 1. The Balaban J connectivity index is 1.57. The third-order valence-corrected chi connectivity index (χ3v) is 4.29. The van der Waals surface area contributed by atoms with Crippen LogP contribution in [0.1, 0.15) is 24.8 Å². The molecule has 1 saturated carbocycles. The lowest BCUT2D eigenvalue weighted by Gasteiger charge is -2.33. The highest BCUT2D eigenvalue weighted by Crippen LogP contribution is 2.40.